The lowest BCUT2D eigenvalue weighted by Crippen LogP contribution is -2.28. The van der Waals surface area contributed by atoms with Gasteiger partial charge in [-0.15, -0.1) is 11.3 Å². The Hall–Kier alpha value is -0.720. The molecule has 2 aliphatic rings. The van der Waals surface area contributed by atoms with Crippen molar-refractivity contribution in [1.82, 2.24) is 14.7 Å². The summed E-state index contributed by atoms with van der Waals surface area (Å²) in [6.07, 6.45) is 6.10. The van der Waals surface area contributed by atoms with E-state index in [-0.39, 0.29) is 0 Å². The molecule has 4 rings (SSSR count). The van der Waals surface area contributed by atoms with Gasteiger partial charge in [0.1, 0.15) is 0 Å². The number of anilines is 1. The summed E-state index contributed by atoms with van der Waals surface area (Å²) in [4.78, 5) is 8.51. The number of hydrogen-bond acceptors (Lipinski definition) is 5. The SMILES string of the molecule is c1cn2c(CNC3CC3)c(N3CCCSCC3)nc2s1. The first-order chi connectivity index (χ1) is 9.92. The number of imidazole rings is 1. The summed E-state index contributed by atoms with van der Waals surface area (Å²) in [5.41, 5.74) is 1.35. The highest BCUT2D eigenvalue weighted by atomic mass is 32.2. The van der Waals surface area contributed by atoms with Gasteiger partial charge in [0.25, 0.3) is 0 Å². The van der Waals surface area contributed by atoms with Gasteiger partial charge in [-0.2, -0.15) is 11.8 Å². The normalized spacial score (nSPS) is 20.5. The summed E-state index contributed by atoms with van der Waals surface area (Å²) in [6.45, 7) is 3.22. The molecule has 0 unspecified atom stereocenters. The fraction of sp³-hybridized carbons (Fsp3) is 0.643. The minimum Gasteiger partial charge on any atom is -0.354 e. The zero-order valence-electron chi connectivity index (χ0n) is 11.5. The van der Waals surface area contributed by atoms with E-state index in [1.165, 1.54) is 42.3 Å². The molecule has 1 saturated carbocycles. The third kappa shape index (κ3) is 2.56. The van der Waals surface area contributed by atoms with Gasteiger partial charge >= 0.3 is 0 Å². The zero-order chi connectivity index (χ0) is 13.4. The molecule has 2 fully saturated rings. The molecule has 4 nitrogen and oxygen atoms in total. The molecule has 1 aliphatic heterocycles. The highest BCUT2D eigenvalue weighted by Crippen LogP contribution is 2.28. The molecule has 2 aromatic rings. The van der Waals surface area contributed by atoms with Crippen molar-refractivity contribution in [1.29, 1.82) is 0 Å². The number of aromatic nitrogens is 2. The highest BCUT2D eigenvalue weighted by Gasteiger charge is 2.24. The van der Waals surface area contributed by atoms with Gasteiger partial charge in [-0.1, -0.05) is 0 Å². The number of nitrogens with one attached hydrogen (secondary N) is 1. The topological polar surface area (TPSA) is 32.6 Å². The van der Waals surface area contributed by atoms with Crippen LogP contribution in [-0.4, -0.2) is 40.0 Å². The van der Waals surface area contributed by atoms with Crippen LogP contribution in [0.15, 0.2) is 11.6 Å². The van der Waals surface area contributed by atoms with Crippen LogP contribution in [-0.2, 0) is 6.54 Å². The van der Waals surface area contributed by atoms with Crippen LogP contribution in [0.25, 0.3) is 4.96 Å². The van der Waals surface area contributed by atoms with Gasteiger partial charge in [-0.25, -0.2) is 4.98 Å². The van der Waals surface area contributed by atoms with Gasteiger partial charge in [-0.05, 0) is 25.0 Å². The average Bonchev–Trinajstić information content (AvgIpc) is 3.15. The lowest BCUT2D eigenvalue weighted by molar-refractivity contribution is 0.666. The van der Waals surface area contributed by atoms with Crippen LogP contribution in [0.4, 0.5) is 5.82 Å². The van der Waals surface area contributed by atoms with E-state index < -0.39 is 0 Å². The Morgan fingerprint density at radius 3 is 3.15 bits per heavy atom. The number of rotatable bonds is 4. The zero-order valence-corrected chi connectivity index (χ0v) is 13.2. The maximum Gasteiger partial charge on any atom is 0.195 e. The Labute approximate surface area is 127 Å². The minimum atomic E-state index is 0.742. The van der Waals surface area contributed by atoms with Crippen molar-refractivity contribution >= 4 is 33.9 Å². The fourth-order valence-corrected chi connectivity index (χ4v) is 4.34. The molecule has 0 amide bonds. The second-order valence-corrected chi connectivity index (χ2v) is 7.64. The molecular weight excluding hydrogens is 288 g/mol. The number of thiazole rings is 1. The summed E-state index contributed by atoms with van der Waals surface area (Å²) in [7, 11) is 0. The van der Waals surface area contributed by atoms with Crippen molar-refractivity contribution in [2.45, 2.75) is 31.8 Å². The molecule has 1 aliphatic carbocycles. The molecular formula is C14H20N4S2. The Morgan fingerprint density at radius 2 is 2.25 bits per heavy atom. The minimum absolute atomic E-state index is 0.742. The van der Waals surface area contributed by atoms with Crippen molar-refractivity contribution in [3.8, 4) is 0 Å². The Bertz CT molecular complexity index is 579. The van der Waals surface area contributed by atoms with E-state index in [4.69, 9.17) is 4.98 Å². The van der Waals surface area contributed by atoms with E-state index in [9.17, 15) is 0 Å². The molecule has 1 saturated heterocycles. The first kappa shape index (κ1) is 13.0. The second-order valence-electron chi connectivity index (χ2n) is 5.55. The summed E-state index contributed by atoms with van der Waals surface area (Å²) in [5, 5.41) is 5.78. The van der Waals surface area contributed by atoms with Gasteiger partial charge in [0.2, 0.25) is 0 Å². The lowest BCUT2D eigenvalue weighted by Gasteiger charge is -2.21. The molecule has 3 heterocycles. The van der Waals surface area contributed by atoms with E-state index in [2.05, 4.69) is 38.0 Å². The van der Waals surface area contributed by atoms with Crippen LogP contribution in [0.2, 0.25) is 0 Å². The first-order valence-electron chi connectivity index (χ1n) is 7.42. The van der Waals surface area contributed by atoms with Gasteiger partial charge in [-0.3, -0.25) is 4.40 Å². The smallest absolute Gasteiger partial charge is 0.195 e. The Morgan fingerprint density at radius 1 is 1.30 bits per heavy atom. The van der Waals surface area contributed by atoms with Crippen LogP contribution < -0.4 is 10.2 Å². The predicted molar refractivity (Wildman–Crippen MR) is 87.1 cm³/mol. The van der Waals surface area contributed by atoms with Crippen LogP contribution in [0, 0.1) is 0 Å². The van der Waals surface area contributed by atoms with Crippen molar-refractivity contribution in [2.24, 2.45) is 0 Å². The molecule has 1 N–H and O–H groups in total. The monoisotopic (exact) mass is 308 g/mol. The molecule has 20 heavy (non-hydrogen) atoms. The van der Waals surface area contributed by atoms with Crippen molar-refractivity contribution < 1.29 is 0 Å². The van der Waals surface area contributed by atoms with Crippen LogP contribution in [0.1, 0.15) is 25.0 Å². The summed E-state index contributed by atoms with van der Waals surface area (Å²) in [6, 6.07) is 0.742. The third-order valence-corrected chi connectivity index (χ3v) is 5.80. The second kappa shape index (κ2) is 5.58. The van der Waals surface area contributed by atoms with Crippen molar-refractivity contribution in [2.75, 3.05) is 29.5 Å². The van der Waals surface area contributed by atoms with Gasteiger partial charge < -0.3 is 10.2 Å². The molecule has 0 bridgehead atoms. The predicted octanol–water partition coefficient (Wildman–Crippen LogP) is 2.59. The van der Waals surface area contributed by atoms with E-state index in [0.29, 0.717) is 0 Å². The van der Waals surface area contributed by atoms with Gasteiger partial charge in [0, 0.05) is 43.0 Å². The third-order valence-electron chi connectivity index (χ3n) is 4.00. The van der Waals surface area contributed by atoms with E-state index >= 15 is 0 Å². The van der Waals surface area contributed by atoms with Crippen molar-refractivity contribution in [3.63, 3.8) is 0 Å². The Balaban J connectivity index is 1.64. The number of thioether (sulfide) groups is 1. The van der Waals surface area contributed by atoms with Gasteiger partial charge in [0.05, 0.1) is 5.69 Å². The Kier molecular flexibility index (Phi) is 3.62. The summed E-state index contributed by atoms with van der Waals surface area (Å²) >= 11 is 3.80. The average molecular weight is 308 g/mol. The molecule has 108 valence electrons. The maximum atomic E-state index is 4.89. The number of hydrogen-bond donors (Lipinski definition) is 1. The van der Waals surface area contributed by atoms with Crippen LogP contribution in [0.5, 0.6) is 0 Å². The van der Waals surface area contributed by atoms with Gasteiger partial charge in [0.15, 0.2) is 10.8 Å². The molecule has 0 atom stereocenters. The van der Waals surface area contributed by atoms with Crippen molar-refractivity contribution in [3.05, 3.63) is 17.3 Å². The van der Waals surface area contributed by atoms with E-state index in [0.717, 1.165) is 30.6 Å². The first-order valence-corrected chi connectivity index (χ1v) is 9.46. The van der Waals surface area contributed by atoms with E-state index in [1.807, 2.05) is 0 Å². The quantitative estimate of drug-likeness (QED) is 0.941. The molecule has 0 radical (unpaired) electrons. The maximum absolute atomic E-state index is 4.89. The van der Waals surface area contributed by atoms with Crippen LogP contribution >= 0.6 is 23.1 Å². The van der Waals surface area contributed by atoms with E-state index in [1.54, 1.807) is 11.3 Å². The van der Waals surface area contributed by atoms with Crippen LogP contribution in [0.3, 0.4) is 0 Å². The molecule has 6 heteroatoms. The summed E-state index contributed by atoms with van der Waals surface area (Å²) in [5.74, 6) is 3.72. The standard InChI is InChI=1S/C14H20N4S2/c1-4-17(5-8-19-7-1)13-12(10-15-11-2-3-11)18-6-9-20-14(18)16-13/h6,9,11,15H,1-5,7-8,10H2. The summed E-state index contributed by atoms with van der Waals surface area (Å²) < 4.78 is 2.27. The largest absolute Gasteiger partial charge is 0.354 e. The number of fused-ring (bicyclic) bond motifs is 1. The molecule has 0 spiro atoms. The molecule has 2 aromatic heterocycles. The molecule has 0 aromatic carbocycles. The fourth-order valence-electron chi connectivity index (χ4n) is 2.72. The number of nitrogens with zero attached hydrogens (tertiary/aromatic N) is 3. The lowest BCUT2D eigenvalue weighted by atomic mass is 10.3. The highest BCUT2D eigenvalue weighted by molar-refractivity contribution is 7.99.